The van der Waals surface area contributed by atoms with Gasteiger partial charge in [0, 0.05) is 62.2 Å². The summed E-state index contributed by atoms with van der Waals surface area (Å²) >= 11 is 0. The molecule has 0 aliphatic carbocycles. The number of aromatic nitrogens is 3. The number of aryl methyl sites for hydroxylation is 2. The van der Waals surface area contributed by atoms with E-state index in [4.69, 9.17) is 0 Å². The molecule has 31 heavy (non-hydrogen) atoms. The lowest BCUT2D eigenvalue weighted by Gasteiger charge is -2.37. The van der Waals surface area contributed by atoms with Crippen molar-refractivity contribution in [3.05, 3.63) is 53.1 Å². The maximum atomic E-state index is 9.25. The van der Waals surface area contributed by atoms with Crippen molar-refractivity contribution in [1.82, 2.24) is 19.4 Å². The van der Waals surface area contributed by atoms with E-state index in [-0.39, 0.29) is 11.2 Å². The first-order chi connectivity index (χ1) is 14.7. The summed E-state index contributed by atoms with van der Waals surface area (Å²) in [4.78, 5) is 13.8. The minimum atomic E-state index is 0.111. The Morgan fingerprint density at radius 2 is 1.74 bits per heavy atom. The topological polar surface area (TPSA) is 61.0 Å². The van der Waals surface area contributed by atoms with Crippen LogP contribution >= 0.6 is 0 Å². The molecule has 1 aliphatic rings. The maximum absolute atomic E-state index is 9.25. The molecule has 0 spiro atoms. The van der Waals surface area contributed by atoms with Gasteiger partial charge in [0.25, 0.3) is 0 Å². The number of rotatable bonds is 4. The van der Waals surface area contributed by atoms with Gasteiger partial charge in [-0.1, -0.05) is 39.0 Å². The van der Waals surface area contributed by atoms with E-state index in [0.29, 0.717) is 0 Å². The molecule has 4 rings (SSSR count). The second kappa shape index (κ2) is 8.32. The van der Waals surface area contributed by atoms with E-state index in [2.05, 4.69) is 89.3 Å². The molecule has 1 aromatic carbocycles. The van der Waals surface area contributed by atoms with Crippen molar-refractivity contribution in [1.29, 1.82) is 5.26 Å². The molecule has 6 heteroatoms. The highest BCUT2D eigenvalue weighted by Crippen LogP contribution is 2.28. The summed E-state index contributed by atoms with van der Waals surface area (Å²) < 4.78 is 2.29. The molecular weight excluding hydrogens is 384 g/mol. The number of nitriles is 1. The molecular formula is C25H32N6. The van der Waals surface area contributed by atoms with Gasteiger partial charge < -0.3 is 9.47 Å². The highest BCUT2D eigenvalue weighted by molar-refractivity contribution is 5.77. The zero-order chi connectivity index (χ0) is 22.2. The number of anilines is 1. The highest BCUT2D eigenvalue weighted by Gasteiger charge is 2.23. The standard InChI is InChI=1S/C25H32N6/c1-18-7-6-8-19(2)23(18)30-11-9-29(10-12-30)16-21-13-20-15-27-22(14-26)28-24(20)31(21)17-25(3,4)5/h6-8,13,15H,9-12,16-17H2,1-5H3. The summed E-state index contributed by atoms with van der Waals surface area (Å²) in [6.45, 7) is 17.0. The molecule has 1 saturated heterocycles. The molecule has 0 bridgehead atoms. The molecule has 0 amide bonds. The molecule has 2 aromatic heterocycles. The summed E-state index contributed by atoms with van der Waals surface area (Å²) in [5.41, 5.74) is 6.32. The first-order valence-electron chi connectivity index (χ1n) is 11.0. The van der Waals surface area contributed by atoms with Crippen molar-refractivity contribution in [3.8, 4) is 6.07 Å². The lowest BCUT2D eigenvalue weighted by molar-refractivity contribution is 0.239. The molecule has 162 valence electrons. The Morgan fingerprint density at radius 3 is 2.35 bits per heavy atom. The van der Waals surface area contributed by atoms with Gasteiger partial charge in [-0.2, -0.15) is 5.26 Å². The van der Waals surface area contributed by atoms with Crippen LogP contribution in [0.15, 0.2) is 30.5 Å². The zero-order valence-corrected chi connectivity index (χ0v) is 19.3. The van der Waals surface area contributed by atoms with Crippen LogP contribution in [0.4, 0.5) is 5.69 Å². The Balaban J connectivity index is 1.55. The van der Waals surface area contributed by atoms with E-state index < -0.39 is 0 Å². The SMILES string of the molecule is Cc1cccc(C)c1N1CCN(Cc2cc3cnc(C#N)nc3n2CC(C)(C)C)CC1. The van der Waals surface area contributed by atoms with Crippen LogP contribution in [-0.2, 0) is 13.1 Å². The number of hydrogen-bond acceptors (Lipinski definition) is 5. The van der Waals surface area contributed by atoms with Crippen LogP contribution in [-0.4, -0.2) is 45.6 Å². The van der Waals surface area contributed by atoms with Crippen LogP contribution in [0, 0.1) is 30.6 Å². The molecule has 6 nitrogen and oxygen atoms in total. The molecule has 0 radical (unpaired) electrons. The molecule has 1 aliphatic heterocycles. The molecule has 0 N–H and O–H groups in total. The summed E-state index contributed by atoms with van der Waals surface area (Å²) in [5.74, 6) is 0.231. The Kier molecular flexibility index (Phi) is 5.72. The predicted molar refractivity (Wildman–Crippen MR) is 125 cm³/mol. The van der Waals surface area contributed by atoms with E-state index in [0.717, 1.165) is 50.3 Å². The van der Waals surface area contributed by atoms with Crippen LogP contribution in [0.3, 0.4) is 0 Å². The first kappa shape index (κ1) is 21.3. The molecule has 3 heterocycles. The van der Waals surface area contributed by atoms with Gasteiger partial charge in [0.2, 0.25) is 5.82 Å². The molecule has 0 unspecified atom stereocenters. The smallest absolute Gasteiger partial charge is 0.234 e. The quantitative estimate of drug-likeness (QED) is 0.635. The largest absolute Gasteiger partial charge is 0.369 e. The second-order valence-corrected chi connectivity index (χ2v) is 9.87. The number of benzene rings is 1. The maximum Gasteiger partial charge on any atom is 0.234 e. The van der Waals surface area contributed by atoms with Crippen molar-refractivity contribution >= 4 is 16.7 Å². The Bertz CT molecular complexity index is 1100. The predicted octanol–water partition coefficient (Wildman–Crippen LogP) is 4.29. The fourth-order valence-electron chi connectivity index (χ4n) is 4.59. The minimum Gasteiger partial charge on any atom is -0.369 e. The summed E-state index contributed by atoms with van der Waals surface area (Å²) in [5, 5.41) is 10.3. The highest BCUT2D eigenvalue weighted by atomic mass is 15.3. The minimum absolute atomic E-state index is 0.111. The number of para-hydroxylation sites is 1. The zero-order valence-electron chi connectivity index (χ0n) is 19.3. The van der Waals surface area contributed by atoms with E-state index >= 15 is 0 Å². The number of nitrogens with zero attached hydrogens (tertiary/aromatic N) is 6. The van der Waals surface area contributed by atoms with Crippen molar-refractivity contribution in [2.45, 2.75) is 47.7 Å². The molecule has 1 fully saturated rings. The van der Waals surface area contributed by atoms with Gasteiger partial charge in [0.15, 0.2) is 0 Å². The third kappa shape index (κ3) is 4.57. The van der Waals surface area contributed by atoms with Crippen LogP contribution < -0.4 is 4.90 Å². The third-order valence-corrected chi connectivity index (χ3v) is 5.97. The second-order valence-electron chi connectivity index (χ2n) is 9.87. The molecule has 0 saturated carbocycles. The van der Waals surface area contributed by atoms with Gasteiger partial charge in [0.1, 0.15) is 11.7 Å². The van der Waals surface area contributed by atoms with E-state index in [9.17, 15) is 5.26 Å². The monoisotopic (exact) mass is 416 g/mol. The van der Waals surface area contributed by atoms with E-state index in [1.54, 1.807) is 6.20 Å². The number of piperazine rings is 1. The fourth-order valence-corrected chi connectivity index (χ4v) is 4.59. The van der Waals surface area contributed by atoms with Crippen LogP contribution in [0.5, 0.6) is 0 Å². The lowest BCUT2D eigenvalue weighted by atomic mass is 9.97. The third-order valence-electron chi connectivity index (χ3n) is 5.97. The number of hydrogen-bond donors (Lipinski definition) is 0. The van der Waals surface area contributed by atoms with Gasteiger partial charge in [-0.05, 0) is 36.5 Å². The van der Waals surface area contributed by atoms with E-state index in [1.165, 1.54) is 22.5 Å². The normalized spacial score (nSPS) is 15.4. The average Bonchev–Trinajstić information content (AvgIpc) is 3.04. The van der Waals surface area contributed by atoms with Crippen molar-refractivity contribution in [3.63, 3.8) is 0 Å². The van der Waals surface area contributed by atoms with Crippen molar-refractivity contribution < 1.29 is 0 Å². The van der Waals surface area contributed by atoms with Crippen LogP contribution in [0.1, 0.15) is 43.4 Å². The summed E-state index contributed by atoms with van der Waals surface area (Å²) in [6.07, 6.45) is 1.78. The van der Waals surface area contributed by atoms with E-state index in [1.807, 2.05) is 0 Å². The van der Waals surface area contributed by atoms with Gasteiger partial charge in [-0.3, -0.25) is 4.90 Å². The molecule has 3 aromatic rings. The van der Waals surface area contributed by atoms with Gasteiger partial charge in [0.05, 0.1) is 0 Å². The Hall–Kier alpha value is -2.91. The first-order valence-corrected chi connectivity index (χ1v) is 11.0. The lowest BCUT2D eigenvalue weighted by Crippen LogP contribution is -2.46. The van der Waals surface area contributed by atoms with Crippen molar-refractivity contribution in [2.75, 3.05) is 31.1 Å². The van der Waals surface area contributed by atoms with Gasteiger partial charge >= 0.3 is 0 Å². The van der Waals surface area contributed by atoms with Crippen LogP contribution in [0.25, 0.3) is 11.0 Å². The Morgan fingerprint density at radius 1 is 1.06 bits per heavy atom. The fraction of sp³-hybridized carbons (Fsp3) is 0.480. The van der Waals surface area contributed by atoms with Gasteiger partial charge in [-0.25, -0.2) is 9.97 Å². The molecule has 0 atom stereocenters. The van der Waals surface area contributed by atoms with Gasteiger partial charge in [-0.15, -0.1) is 0 Å². The number of fused-ring (bicyclic) bond motifs is 1. The van der Waals surface area contributed by atoms with Crippen LogP contribution in [0.2, 0.25) is 0 Å². The summed E-state index contributed by atoms with van der Waals surface area (Å²) in [7, 11) is 0. The average molecular weight is 417 g/mol. The van der Waals surface area contributed by atoms with Crippen molar-refractivity contribution in [2.24, 2.45) is 5.41 Å². The summed E-state index contributed by atoms with van der Waals surface area (Å²) in [6, 6.07) is 10.8. The Labute approximate surface area is 185 Å².